The van der Waals surface area contributed by atoms with Crippen LogP contribution in [-0.2, 0) is 4.74 Å². The van der Waals surface area contributed by atoms with Crippen LogP contribution in [0.1, 0.15) is 23.6 Å². The molecule has 0 saturated heterocycles. The third-order valence-corrected chi connectivity index (χ3v) is 2.91. The Morgan fingerprint density at radius 1 is 1.28 bits per heavy atom. The van der Waals surface area contributed by atoms with Crippen LogP contribution < -0.4 is 0 Å². The van der Waals surface area contributed by atoms with E-state index in [1.807, 2.05) is 30.3 Å². The highest BCUT2D eigenvalue weighted by molar-refractivity contribution is 5.88. The minimum atomic E-state index is -0.957. The van der Waals surface area contributed by atoms with E-state index in [2.05, 4.69) is 0 Å². The van der Waals surface area contributed by atoms with E-state index in [9.17, 15) is 9.90 Å². The first kappa shape index (κ1) is 12.4. The van der Waals surface area contributed by atoms with Crippen LogP contribution in [0.3, 0.4) is 0 Å². The maximum Gasteiger partial charge on any atom is 0.352 e. The number of hydrogen-bond donors (Lipinski definition) is 1. The van der Waals surface area contributed by atoms with Crippen LogP contribution in [0, 0.1) is 0 Å². The van der Waals surface area contributed by atoms with Gasteiger partial charge in [0.2, 0.25) is 0 Å². The molecule has 0 fully saturated rings. The monoisotopic (exact) mass is 245 g/mol. The highest BCUT2D eigenvalue weighted by atomic mass is 16.5. The summed E-state index contributed by atoms with van der Waals surface area (Å²) in [6.45, 7) is 1.81. The highest BCUT2D eigenvalue weighted by Crippen LogP contribution is 2.24. The Kier molecular flexibility index (Phi) is 3.48. The molecule has 1 unspecified atom stereocenters. The van der Waals surface area contributed by atoms with Gasteiger partial charge in [-0.1, -0.05) is 30.3 Å². The van der Waals surface area contributed by atoms with E-state index in [0.717, 1.165) is 11.1 Å². The second kappa shape index (κ2) is 5.06. The molecule has 4 nitrogen and oxygen atoms in total. The topological polar surface area (TPSA) is 51.5 Å². The predicted octanol–water partition coefficient (Wildman–Crippen LogP) is 3.02. The number of nitrogens with zero attached hydrogens (tertiary/aromatic N) is 1. The van der Waals surface area contributed by atoms with Gasteiger partial charge in [0.15, 0.2) is 0 Å². The summed E-state index contributed by atoms with van der Waals surface area (Å²) in [7, 11) is 1.55. The van der Waals surface area contributed by atoms with Crippen LogP contribution in [0.15, 0.2) is 42.6 Å². The Morgan fingerprint density at radius 3 is 2.50 bits per heavy atom. The minimum absolute atomic E-state index is 0.225. The largest absolute Gasteiger partial charge is 0.477 e. The molecule has 2 rings (SSSR count). The molecule has 1 heterocycles. The van der Waals surface area contributed by atoms with Crippen molar-refractivity contribution in [1.29, 1.82) is 0 Å². The molecule has 0 spiro atoms. The van der Waals surface area contributed by atoms with Crippen molar-refractivity contribution >= 4 is 5.97 Å². The molecule has 94 valence electrons. The number of carbonyl (C=O) groups is 1. The molecule has 0 bridgehead atoms. The second-order valence-corrected chi connectivity index (χ2v) is 4.03. The molecule has 0 radical (unpaired) electrons. The first-order valence-corrected chi connectivity index (χ1v) is 5.67. The number of aromatic nitrogens is 1. The van der Waals surface area contributed by atoms with Crippen molar-refractivity contribution in [1.82, 2.24) is 4.57 Å². The maximum absolute atomic E-state index is 11.2. The number of carboxylic acid groups (broad SMARTS) is 1. The molecular formula is C14H15NO3. The molecule has 4 heteroatoms. The van der Waals surface area contributed by atoms with Gasteiger partial charge in [-0.25, -0.2) is 4.79 Å². The van der Waals surface area contributed by atoms with Crippen molar-refractivity contribution in [2.75, 3.05) is 7.11 Å². The molecule has 0 aliphatic carbocycles. The smallest absolute Gasteiger partial charge is 0.352 e. The van der Waals surface area contributed by atoms with Crippen LogP contribution in [0.2, 0.25) is 0 Å². The van der Waals surface area contributed by atoms with Gasteiger partial charge in [0.1, 0.15) is 11.9 Å². The van der Waals surface area contributed by atoms with Crippen molar-refractivity contribution in [2.45, 2.75) is 13.2 Å². The zero-order chi connectivity index (χ0) is 13.1. The van der Waals surface area contributed by atoms with Gasteiger partial charge in [-0.15, -0.1) is 0 Å². The van der Waals surface area contributed by atoms with Gasteiger partial charge < -0.3 is 14.4 Å². The molecule has 0 saturated carbocycles. The first-order valence-electron chi connectivity index (χ1n) is 5.67. The summed E-state index contributed by atoms with van der Waals surface area (Å²) in [5.41, 5.74) is 2.09. The lowest BCUT2D eigenvalue weighted by molar-refractivity contribution is 0.0497. The maximum atomic E-state index is 11.2. The molecule has 1 N–H and O–H groups in total. The fourth-order valence-corrected chi connectivity index (χ4v) is 1.85. The van der Waals surface area contributed by atoms with Crippen molar-refractivity contribution in [3.63, 3.8) is 0 Å². The molecule has 0 amide bonds. The SMILES string of the molecule is COC(C)n1cc(-c2ccccc2)cc1C(=O)O. The molecule has 1 aromatic heterocycles. The number of benzene rings is 1. The Labute approximate surface area is 105 Å². The van der Waals surface area contributed by atoms with E-state index < -0.39 is 5.97 Å². The Morgan fingerprint density at radius 2 is 1.94 bits per heavy atom. The van der Waals surface area contributed by atoms with E-state index >= 15 is 0 Å². The number of hydrogen-bond acceptors (Lipinski definition) is 2. The van der Waals surface area contributed by atoms with Crippen molar-refractivity contribution in [2.24, 2.45) is 0 Å². The summed E-state index contributed by atoms with van der Waals surface area (Å²) in [5.74, 6) is -0.957. The summed E-state index contributed by atoms with van der Waals surface area (Å²) < 4.78 is 6.79. The van der Waals surface area contributed by atoms with E-state index in [4.69, 9.17) is 4.74 Å². The lowest BCUT2D eigenvalue weighted by Gasteiger charge is -2.13. The molecule has 1 atom stereocenters. The standard InChI is InChI=1S/C14H15NO3/c1-10(18-2)15-9-12(8-13(15)14(16)17)11-6-4-3-5-7-11/h3-10H,1-2H3,(H,16,17). The predicted molar refractivity (Wildman–Crippen MR) is 68.5 cm³/mol. The van der Waals surface area contributed by atoms with E-state index in [-0.39, 0.29) is 11.9 Å². The lowest BCUT2D eigenvalue weighted by atomic mass is 10.1. The van der Waals surface area contributed by atoms with E-state index in [0.29, 0.717) is 0 Å². The molecule has 0 aliphatic rings. The number of aromatic carboxylic acids is 1. The molecule has 18 heavy (non-hydrogen) atoms. The fraction of sp³-hybridized carbons (Fsp3) is 0.214. The van der Waals surface area contributed by atoms with Crippen molar-refractivity contribution < 1.29 is 14.6 Å². The van der Waals surface area contributed by atoms with Gasteiger partial charge in [0.25, 0.3) is 0 Å². The molecule has 1 aromatic carbocycles. The molecule has 0 aliphatic heterocycles. The van der Waals surface area contributed by atoms with Gasteiger partial charge in [-0.2, -0.15) is 0 Å². The van der Waals surface area contributed by atoms with E-state index in [1.165, 1.54) is 0 Å². The summed E-state index contributed by atoms with van der Waals surface area (Å²) in [6.07, 6.45) is 1.49. The Hall–Kier alpha value is -2.07. The van der Waals surface area contributed by atoms with Gasteiger partial charge in [-0.05, 0) is 18.6 Å². The minimum Gasteiger partial charge on any atom is -0.477 e. The quantitative estimate of drug-likeness (QED) is 0.900. The summed E-state index contributed by atoms with van der Waals surface area (Å²) >= 11 is 0. The van der Waals surface area contributed by atoms with Gasteiger partial charge in [0.05, 0.1) is 0 Å². The first-order chi connectivity index (χ1) is 8.63. The van der Waals surface area contributed by atoms with Crippen LogP contribution in [0.5, 0.6) is 0 Å². The van der Waals surface area contributed by atoms with Crippen molar-refractivity contribution in [3.05, 3.63) is 48.3 Å². The fourth-order valence-electron chi connectivity index (χ4n) is 1.85. The van der Waals surface area contributed by atoms with Crippen LogP contribution in [-0.4, -0.2) is 22.8 Å². The van der Waals surface area contributed by atoms with Crippen LogP contribution in [0.25, 0.3) is 11.1 Å². The van der Waals surface area contributed by atoms with Gasteiger partial charge in [-0.3, -0.25) is 0 Å². The van der Waals surface area contributed by atoms with Crippen LogP contribution in [0.4, 0.5) is 0 Å². The van der Waals surface area contributed by atoms with Gasteiger partial charge >= 0.3 is 5.97 Å². The third-order valence-electron chi connectivity index (χ3n) is 2.91. The third kappa shape index (κ3) is 2.28. The summed E-state index contributed by atoms with van der Waals surface area (Å²) in [4.78, 5) is 11.2. The summed E-state index contributed by atoms with van der Waals surface area (Å²) in [5, 5.41) is 9.19. The Bertz CT molecular complexity index is 545. The second-order valence-electron chi connectivity index (χ2n) is 4.03. The zero-order valence-electron chi connectivity index (χ0n) is 10.3. The molecular weight excluding hydrogens is 230 g/mol. The highest BCUT2D eigenvalue weighted by Gasteiger charge is 2.16. The van der Waals surface area contributed by atoms with E-state index in [1.54, 1.807) is 30.9 Å². The van der Waals surface area contributed by atoms with Crippen molar-refractivity contribution in [3.8, 4) is 11.1 Å². The number of carboxylic acids is 1. The Balaban J connectivity index is 2.49. The average Bonchev–Trinajstić information content (AvgIpc) is 2.84. The zero-order valence-corrected chi connectivity index (χ0v) is 10.3. The average molecular weight is 245 g/mol. The molecule has 2 aromatic rings. The number of rotatable bonds is 4. The normalized spacial score (nSPS) is 12.3. The van der Waals surface area contributed by atoms with Crippen LogP contribution >= 0.6 is 0 Å². The number of methoxy groups -OCH3 is 1. The summed E-state index contributed by atoms with van der Waals surface area (Å²) in [6, 6.07) is 11.3. The lowest BCUT2D eigenvalue weighted by Crippen LogP contribution is -2.12. The number of ether oxygens (including phenoxy) is 1. The van der Waals surface area contributed by atoms with Gasteiger partial charge in [0, 0.05) is 18.9 Å².